The monoisotopic (exact) mass is 465 g/mol. The van der Waals surface area contributed by atoms with Gasteiger partial charge < -0.3 is 10.4 Å². The van der Waals surface area contributed by atoms with Gasteiger partial charge in [-0.15, -0.1) is 0 Å². The molecule has 0 radical (unpaired) electrons. The molecule has 0 saturated carbocycles. The minimum absolute atomic E-state index is 0.0708. The molecule has 3 aromatic carbocycles. The number of phenolic OH excluding ortho intramolecular Hbond substituents is 1. The second-order valence-electron chi connectivity index (χ2n) is 7.54. The van der Waals surface area contributed by atoms with E-state index in [-0.39, 0.29) is 11.5 Å². The lowest BCUT2D eigenvalue weighted by Crippen LogP contribution is -2.10. The summed E-state index contributed by atoms with van der Waals surface area (Å²) in [6, 6.07) is 17.2. The van der Waals surface area contributed by atoms with Crippen LogP contribution in [0.2, 0.25) is 5.02 Å². The summed E-state index contributed by atoms with van der Waals surface area (Å²) in [5.41, 5.74) is 2.37. The van der Waals surface area contributed by atoms with Gasteiger partial charge in [-0.05, 0) is 54.3 Å². The number of unbranched alkanes of at least 4 members (excludes halogenated alkanes) is 1. The molecule has 0 atom stereocenters. The molecule has 0 aromatic heterocycles. The number of hydrogen-bond donors (Lipinski definition) is 2. The van der Waals surface area contributed by atoms with Crippen LogP contribution in [0.15, 0.2) is 65.7 Å². The molecule has 0 unspecified atom stereocenters. The Morgan fingerprint density at radius 3 is 2.70 bits per heavy atom. The SMILES string of the molecule is CCCCC(=O)Nc1cccc(N=Cc2cc(Cc3ccccc3Cl)cc([N+](=O)[O-])c2O)c1. The fourth-order valence-electron chi connectivity index (χ4n) is 3.27. The molecule has 0 saturated heterocycles. The molecule has 1 amide bonds. The first-order valence-electron chi connectivity index (χ1n) is 10.5. The standard InChI is InChI=1S/C25H24ClN3O4/c1-2-3-11-24(30)28-21-9-6-8-20(15-21)27-16-19-13-17(14-23(25(19)31)29(32)33)12-18-7-4-5-10-22(18)26/h4-10,13-16,31H,2-3,11-12H2,1H3,(H,28,30). The number of halogens is 1. The zero-order chi connectivity index (χ0) is 23.8. The topological polar surface area (TPSA) is 105 Å². The highest BCUT2D eigenvalue weighted by Gasteiger charge is 2.19. The number of nitro benzene ring substituents is 1. The van der Waals surface area contributed by atoms with Crippen LogP contribution in [0, 0.1) is 10.1 Å². The van der Waals surface area contributed by atoms with E-state index in [0.717, 1.165) is 18.4 Å². The third kappa shape index (κ3) is 6.63. The second-order valence-corrected chi connectivity index (χ2v) is 7.95. The van der Waals surface area contributed by atoms with Gasteiger partial charge >= 0.3 is 5.69 Å². The normalized spacial score (nSPS) is 11.0. The van der Waals surface area contributed by atoms with Gasteiger partial charge in [0, 0.05) is 35.0 Å². The zero-order valence-electron chi connectivity index (χ0n) is 18.1. The Balaban J connectivity index is 1.87. The van der Waals surface area contributed by atoms with Crippen LogP contribution in [0.3, 0.4) is 0 Å². The van der Waals surface area contributed by atoms with E-state index in [1.54, 1.807) is 36.4 Å². The predicted molar refractivity (Wildman–Crippen MR) is 131 cm³/mol. The van der Waals surface area contributed by atoms with E-state index in [4.69, 9.17) is 11.6 Å². The number of amides is 1. The number of nitro groups is 1. The number of carbonyl (C=O) groups is 1. The van der Waals surface area contributed by atoms with Crippen LogP contribution in [-0.2, 0) is 11.2 Å². The van der Waals surface area contributed by atoms with E-state index in [9.17, 15) is 20.0 Å². The van der Waals surface area contributed by atoms with E-state index >= 15 is 0 Å². The molecular weight excluding hydrogens is 442 g/mol. The summed E-state index contributed by atoms with van der Waals surface area (Å²) >= 11 is 6.23. The number of nitrogens with zero attached hydrogens (tertiary/aromatic N) is 2. The van der Waals surface area contributed by atoms with Crippen molar-refractivity contribution in [2.45, 2.75) is 32.6 Å². The van der Waals surface area contributed by atoms with Gasteiger partial charge in [-0.2, -0.15) is 0 Å². The van der Waals surface area contributed by atoms with Crippen LogP contribution in [0.4, 0.5) is 17.1 Å². The van der Waals surface area contributed by atoms with Crippen LogP contribution in [0.5, 0.6) is 5.75 Å². The van der Waals surface area contributed by atoms with Crippen LogP contribution >= 0.6 is 11.6 Å². The van der Waals surface area contributed by atoms with Crippen LogP contribution in [0.25, 0.3) is 0 Å². The van der Waals surface area contributed by atoms with Crippen LogP contribution in [0.1, 0.15) is 42.9 Å². The summed E-state index contributed by atoms with van der Waals surface area (Å²) in [4.78, 5) is 27.2. The summed E-state index contributed by atoms with van der Waals surface area (Å²) in [6.45, 7) is 2.02. The average molecular weight is 466 g/mol. The molecule has 170 valence electrons. The number of rotatable bonds is 9. The number of benzene rings is 3. The van der Waals surface area contributed by atoms with Gasteiger partial charge in [0.2, 0.25) is 11.7 Å². The van der Waals surface area contributed by atoms with Gasteiger partial charge in [-0.25, -0.2) is 0 Å². The van der Waals surface area contributed by atoms with Crippen LogP contribution < -0.4 is 5.32 Å². The number of anilines is 1. The van der Waals surface area contributed by atoms with Gasteiger partial charge in [0.1, 0.15) is 0 Å². The maximum Gasteiger partial charge on any atom is 0.311 e. The number of carbonyl (C=O) groups excluding carboxylic acids is 1. The lowest BCUT2D eigenvalue weighted by Gasteiger charge is -2.08. The van der Waals surface area contributed by atoms with Crippen molar-refractivity contribution in [1.29, 1.82) is 0 Å². The largest absolute Gasteiger partial charge is 0.502 e. The molecule has 3 aromatic rings. The van der Waals surface area contributed by atoms with Crippen LogP contribution in [-0.4, -0.2) is 22.2 Å². The number of nitrogens with one attached hydrogen (secondary N) is 1. The van der Waals surface area contributed by atoms with Crippen molar-refractivity contribution >= 4 is 40.8 Å². The molecule has 0 aliphatic rings. The average Bonchev–Trinajstić information content (AvgIpc) is 2.79. The number of phenols is 1. The van der Waals surface area contributed by atoms with E-state index in [2.05, 4.69) is 10.3 Å². The molecule has 0 aliphatic carbocycles. The van der Waals surface area contributed by atoms with Gasteiger partial charge in [0.25, 0.3) is 0 Å². The maximum atomic E-state index is 12.0. The molecule has 33 heavy (non-hydrogen) atoms. The Bertz CT molecular complexity index is 1190. The second kappa shape index (κ2) is 11.2. The first-order chi connectivity index (χ1) is 15.9. The summed E-state index contributed by atoms with van der Waals surface area (Å²) in [5.74, 6) is -0.533. The van der Waals surface area contributed by atoms with E-state index in [1.807, 2.05) is 25.1 Å². The van der Waals surface area contributed by atoms with Crippen molar-refractivity contribution in [2.24, 2.45) is 4.99 Å². The molecule has 0 fully saturated rings. The summed E-state index contributed by atoms with van der Waals surface area (Å²) in [6.07, 6.45) is 3.92. The minimum atomic E-state index is -0.630. The molecule has 0 aliphatic heterocycles. The van der Waals surface area contributed by atoms with E-state index in [0.29, 0.717) is 34.8 Å². The molecule has 2 N–H and O–H groups in total. The predicted octanol–water partition coefficient (Wildman–Crippen LogP) is 6.42. The van der Waals surface area contributed by atoms with Crippen molar-refractivity contribution in [3.05, 3.63) is 92.5 Å². The van der Waals surface area contributed by atoms with Crippen molar-refractivity contribution in [1.82, 2.24) is 0 Å². The lowest BCUT2D eigenvalue weighted by molar-refractivity contribution is -0.385. The van der Waals surface area contributed by atoms with Gasteiger partial charge in [0.15, 0.2) is 0 Å². The highest BCUT2D eigenvalue weighted by atomic mass is 35.5. The molecular formula is C25H24ClN3O4. The van der Waals surface area contributed by atoms with E-state index in [1.165, 1.54) is 12.3 Å². The molecule has 0 spiro atoms. The Labute approximate surface area is 196 Å². The zero-order valence-corrected chi connectivity index (χ0v) is 18.9. The quantitative estimate of drug-likeness (QED) is 0.216. The smallest absolute Gasteiger partial charge is 0.311 e. The van der Waals surface area contributed by atoms with Crippen molar-refractivity contribution < 1.29 is 14.8 Å². The molecule has 7 nitrogen and oxygen atoms in total. The first kappa shape index (κ1) is 23.9. The van der Waals surface area contributed by atoms with Gasteiger partial charge in [-0.3, -0.25) is 19.9 Å². The Hall–Kier alpha value is -3.71. The fraction of sp³-hybridized carbons (Fsp3) is 0.200. The molecule has 8 heteroatoms. The lowest BCUT2D eigenvalue weighted by atomic mass is 10.0. The number of hydrogen-bond acceptors (Lipinski definition) is 5. The molecule has 0 heterocycles. The molecule has 0 bridgehead atoms. The summed E-state index contributed by atoms with van der Waals surface area (Å²) < 4.78 is 0. The fourth-order valence-corrected chi connectivity index (χ4v) is 3.47. The number of aromatic hydroxyl groups is 1. The highest BCUT2D eigenvalue weighted by Crippen LogP contribution is 2.32. The molecule has 3 rings (SSSR count). The Kier molecular flexibility index (Phi) is 8.16. The van der Waals surface area contributed by atoms with Gasteiger partial charge in [0.05, 0.1) is 10.6 Å². The van der Waals surface area contributed by atoms with Gasteiger partial charge in [-0.1, -0.05) is 49.2 Å². The highest BCUT2D eigenvalue weighted by molar-refractivity contribution is 6.31. The van der Waals surface area contributed by atoms with Crippen molar-refractivity contribution in [3.63, 3.8) is 0 Å². The van der Waals surface area contributed by atoms with E-state index < -0.39 is 16.4 Å². The summed E-state index contributed by atoms with van der Waals surface area (Å²) in [7, 11) is 0. The third-order valence-corrected chi connectivity index (χ3v) is 5.34. The van der Waals surface area contributed by atoms with Crippen molar-refractivity contribution in [3.8, 4) is 5.75 Å². The Morgan fingerprint density at radius 2 is 1.97 bits per heavy atom. The third-order valence-electron chi connectivity index (χ3n) is 4.97. The first-order valence-corrected chi connectivity index (χ1v) is 10.9. The van der Waals surface area contributed by atoms with Crippen molar-refractivity contribution in [2.75, 3.05) is 5.32 Å². The minimum Gasteiger partial charge on any atom is -0.502 e. The number of aliphatic imine (C=N–C) groups is 1. The maximum absolute atomic E-state index is 12.0. The summed E-state index contributed by atoms with van der Waals surface area (Å²) in [5, 5.41) is 25.3. The Morgan fingerprint density at radius 1 is 1.18 bits per heavy atom.